The van der Waals surface area contributed by atoms with Gasteiger partial charge >= 0.3 is 6.03 Å². The Morgan fingerprint density at radius 2 is 1.77 bits per heavy atom. The van der Waals surface area contributed by atoms with E-state index >= 15 is 0 Å². The summed E-state index contributed by atoms with van der Waals surface area (Å²) in [5, 5.41) is 6.80. The standard InChI is InChI=1S/C22H29FN4O3/c1-15-17(16(2)30-25-15)13-20(28)26-9-11-27(12-10-26)21(29)24-14-22(3,4)18-7-5-6-8-19(18)23/h5-8H,9-14H2,1-4H3,(H,24,29). The summed E-state index contributed by atoms with van der Waals surface area (Å²) in [5.74, 6) is 0.392. The van der Waals surface area contributed by atoms with Crippen molar-refractivity contribution in [3.63, 3.8) is 0 Å². The van der Waals surface area contributed by atoms with E-state index in [1.165, 1.54) is 6.07 Å². The Morgan fingerprint density at radius 1 is 1.13 bits per heavy atom. The summed E-state index contributed by atoms with van der Waals surface area (Å²) in [5.41, 5.74) is 1.60. The molecule has 162 valence electrons. The lowest BCUT2D eigenvalue weighted by Gasteiger charge is -2.35. The van der Waals surface area contributed by atoms with Crippen LogP contribution in [0.5, 0.6) is 0 Å². The summed E-state index contributed by atoms with van der Waals surface area (Å²) in [6, 6.07) is 6.42. The van der Waals surface area contributed by atoms with Crippen molar-refractivity contribution in [1.82, 2.24) is 20.3 Å². The number of benzene rings is 1. The Kier molecular flexibility index (Phi) is 6.43. The molecule has 2 heterocycles. The average molecular weight is 416 g/mol. The fourth-order valence-electron chi connectivity index (χ4n) is 3.69. The molecule has 1 fully saturated rings. The minimum absolute atomic E-state index is 0.00476. The SMILES string of the molecule is Cc1noc(C)c1CC(=O)N1CCN(C(=O)NCC(C)(C)c2ccccc2F)CC1. The number of aryl methyl sites for hydroxylation is 2. The van der Waals surface area contributed by atoms with E-state index < -0.39 is 5.41 Å². The fourth-order valence-corrected chi connectivity index (χ4v) is 3.69. The highest BCUT2D eigenvalue weighted by Crippen LogP contribution is 2.25. The second-order valence-corrected chi connectivity index (χ2v) is 8.37. The maximum Gasteiger partial charge on any atom is 0.317 e. The number of halogens is 1. The van der Waals surface area contributed by atoms with Crippen molar-refractivity contribution in [1.29, 1.82) is 0 Å². The first kappa shape index (κ1) is 21.8. The number of hydrogen-bond acceptors (Lipinski definition) is 4. The highest BCUT2D eigenvalue weighted by molar-refractivity contribution is 5.80. The molecule has 0 unspecified atom stereocenters. The molecule has 2 aromatic rings. The zero-order valence-corrected chi connectivity index (χ0v) is 18.0. The van der Waals surface area contributed by atoms with Gasteiger partial charge in [-0.1, -0.05) is 37.2 Å². The number of urea groups is 1. The van der Waals surface area contributed by atoms with Gasteiger partial charge < -0.3 is 19.6 Å². The first-order valence-electron chi connectivity index (χ1n) is 10.2. The van der Waals surface area contributed by atoms with Crippen molar-refractivity contribution < 1.29 is 18.5 Å². The van der Waals surface area contributed by atoms with Crippen LogP contribution in [0, 0.1) is 19.7 Å². The van der Waals surface area contributed by atoms with E-state index in [4.69, 9.17) is 4.52 Å². The Hall–Kier alpha value is -2.90. The number of hydrogen-bond donors (Lipinski definition) is 1. The molecule has 1 aliphatic heterocycles. The Labute approximate surface area is 176 Å². The molecule has 3 amide bonds. The van der Waals surface area contributed by atoms with Crippen LogP contribution >= 0.6 is 0 Å². The second kappa shape index (κ2) is 8.85. The number of nitrogens with zero attached hydrogens (tertiary/aromatic N) is 3. The van der Waals surface area contributed by atoms with Crippen molar-refractivity contribution >= 4 is 11.9 Å². The lowest BCUT2D eigenvalue weighted by molar-refractivity contribution is -0.131. The van der Waals surface area contributed by atoms with Crippen LogP contribution in [0.25, 0.3) is 0 Å². The first-order chi connectivity index (χ1) is 14.2. The van der Waals surface area contributed by atoms with Gasteiger partial charge in [-0.25, -0.2) is 9.18 Å². The van der Waals surface area contributed by atoms with Gasteiger partial charge in [0.05, 0.1) is 12.1 Å². The van der Waals surface area contributed by atoms with Crippen LogP contribution in [0.15, 0.2) is 28.8 Å². The first-order valence-corrected chi connectivity index (χ1v) is 10.2. The average Bonchev–Trinajstić information content (AvgIpc) is 3.04. The molecule has 8 heteroatoms. The third kappa shape index (κ3) is 4.80. The minimum atomic E-state index is -0.535. The van der Waals surface area contributed by atoms with Crippen LogP contribution in [0.3, 0.4) is 0 Å². The molecule has 0 aliphatic carbocycles. The largest absolute Gasteiger partial charge is 0.361 e. The van der Waals surface area contributed by atoms with E-state index in [0.717, 1.165) is 11.3 Å². The molecular formula is C22H29FN4O3. The summed E-state index contributed by atoms with van der Waals surface area (Å²) >= 11 is 0. The molecule has 0 spiro atoms. The Balaban J connectivity index is 1.49. The highest BCUT2D eigenvalue weighted by Gasteiger charge is 2.28. The topological polar surface area (TPSA) is 78.7 Å². The number of carbonyl (C=O) groups excluding carboxylic acids is 2. The van der Waals surface area contributed by atoms with E-state index in [0.29, 0.717) is 44.0 Å². The molecule has 3 rings (SSSR count). The number of amides is 3. The molecule has 0 saturated carbocycles. The maximum absolute atomic E-state index is 14.1. The van der Waals surface area contributed by atoms with Crippen molar-refractivity contribution in [2.24, 2.45) is 0 Å². The van der Waals surface area contributed by atoms with Gasteiger partial charge in [0, 0.05) is 43.7 Å². The van der Waals surface area contributed by atoms with Crippen LogP contribution in [0.4, 0.5) is 9.18 Å². The molecular weight excluding hydrogens is 387 g/mol. The number of aromatic nitrogens is 1. The van der Waals surface area contributed by atoms with Gasteiger partial charge in [-0.3, -0.25) is 4.79 Å². The van der Waals surface area contributed by atoms with E-state index in [-0.39, 0.29) is 24.2 Å². The third-order valence-corrected chi connectivity index (χ3v) is 5.71. The smallest absolute Gasteiger partial charge is 0.317 e. The van der Waals surface area contributed by atoms with Crippen LogP contribution in [0.2, 0.25) is 0 Å². The van der Waals surface area contributed by atoms with Crippen LogP contribution < -0.4 is 5.32 Å². The molecule has 1 saturated heterocycles. The van der Waals surface area contributed by atoms with Crippen molar-refractivity contribution in [3.05, 3.63) is 52.7 Å². The summed E-state index contributed by atoms with van der Waals surface area (Å²) in [4.78, 5) is 28.6. The fraction of sp³-hybridized carbons (Fsp3) is 0.500. The second-order valence-electron chi connectivity index (χ2n) is 8.37. The van der Waals surface area contributed by atoms with Crippen molar-refractivity contribution in [2.45, 2.75) is 39.5 Å². The molecule has 1 aromatic carbocycles. The predicted molar refractivity (Wildman–Crippen MR) is 111 cm³/mol. The quantitative estimate of drug-likeness (QED) is 0.813. The zero-order valence-electron chi connectivity index (χ0n) is 18.0. The van der Waals surface area contributed by atoms with E-state index in [1.54, 1.807) is 34.9 Å². The van der Waals surface area contributed by atoms with Crippen LogP contribution in [0.1, 0.15) is 36.4 Å². The van der Waals surface area contributed by atoms with Gasteiger partial charge in [-0.05, 0) is 25.5 Å². The van der Waals surface area contributed by atoms with E-state index in [9.17, 15) is 14.0 Å². The lowest BCUT2D eigenvalue weighted by Crippen LogP contribution is -2.54. The van der Waals surface area contributed by atoms with Gasteiger partial charge in [-0.2, -0.15) is 0 Å². The van der Waals surface area contributed by atoms with Crippen LogP contribution in [-0.4, -0.2) is 59.6 Å². The molecule has 7 nitrogen and oxygen atoms in total. The summed E-state index contributed by atoms with van der Waals surface area (Å²) in [6.45, 7) is 9.61. The minimum Gasteiger partial charge on any atom is -0.361 e. The number of carbonyl (C=O) groups is 2. The molecule has 0 bridgehead atoms. The van der Waals surface area contributed by atoms with Gasteiger partial charge in [0.2, 0.25) is 5.91 Å². The van der Waals surface area contributed by atoms with E-state index in [1.807, 2.05) is 20.8 Å². The highest BCUT2D eigenvalue weighted by atomic mass is 19.1. The van der Waals surface area contributed by atoms with Crippen molar-refractivity contribution in [3.8, 4) is 0 Å². The van der Waals surface area contributed by atoms with Gasteiger partial charge in [0.1, 0.15) is 11.6 Å². The molecule has 1 N–H and O–H groups in total. The number of piperazine rings is 1. The lowest BCUT2D eigenvalue weighted by atomic mass is 9.84. The maximum atomic E-state index is 14.1. The molecule has 30 heavy (non-hydrogen) atoms. The van der Waals surface area contributed by atoms with Gasteiger partial charge in [0.25, 0.3) is 0 Å². The molecule has 1 aliphatic rings. The number of rotatable bonds is 5. The van der Waals surface area contributed by atoms with Crippen molar-refractivity contribution in [2.75, 3.05) is 32.7 Å². The Morgan fingerprint density at radius 3 is 2.37 bits per heavy atom. The monoisotopic (exact) mass is 416 g/mol. The summed E-state index contributed by atoms with van der Waals surface area (Å²) in [6.07, 6.45) is 0.254. The van der Waals surface area contributed by atoms with Gasteiger partial charge in [0.15, 0.2) is 0 Å². The molecule has 1 aromatic heterocycles. The van der Waals surface area contributed by atoms with Gasteiger partial charge in [-0.15, -0.1) is 0 Å². The molecule has 0 atom stereocenters. The van der Waals surface area contributed by atoms with Crippen LogP contribution in [-0.2, 0) is 16.6 Å². The predicted octanol–water partition coefficient (Wildman–Crippen LogP) is 2.80. The molecule has 0 radical (unpaired) electrons. The third-order valence-electron chi connectivity index (χ3n) is 5.71. The summed E-state index contributed by atoms with van der Waals surface area (Å²) < 4.78 is 19.2. The van der Waals surface area contributed by atoms with E-state index in [2.05, 4.69) is 10.5 Å². The zero-order chi connectivity index (χ0) is 21.9. The number of nitrogens with one attached hydrogen (secondary N) is 1. The summed E-state index contributed by atoms with van der Waals surface area (Å²) in [7, 11) is 0. The Bertz CT molecular complexity index is 897. The normalized spacial score (nSPS) is 14.7.